The molecule has 158 valence electrons. The molecule has 2 N–H and O–H groups in total. The van der Waals surface area contributed by atoms with E-state index in [1.807, 2.05) is 50.2 Å². The molecule has 0 saturated heterocycles. The standard InChI is InChI=1S/C16H16FNO.C7H8N2.CH5N/c1-4-19-15-8-13(7-14(17)10-15)12-6-5-11(2)16(9-12)18-3;1-8-5-7-3-2-4-9-6-7;1-2/h5-10H,3-4H2,1-2H3;2-4,6H,1,5H2;2H2,1H3. The number of hydrogen-bond donors (Lipinski definition) is 1. The van der Waals surface area contributed by atoms with E-state index in [1.54, 1.807) is 12.4 Å². The second kappa shape index (κ2) is 13.7. The fraction of sp³-hybridized carbons (Fsp3) is 0.208. The van der Waals surface area contributed by atoms with Crippen molar-refractivity contribution < 1.29 is 9.13 Å². The summed E-state index contributed by atoms with van der Waals surface area (Å²) < 4.78 is 18.9. The van der Waals surface area contributed by atoms with E-state index in [0.717, 1.165) is 27.9 Å². The zero-order valence-electron chi connectivity index (χ0n) is 17.8. The highest BCUT2D eigenvalue weighted by molar-refractivity contribution is 5.70. The third-order valence-electron chi connectivity index (χ3n) is 3.91. The largest absolute Gasteiger partial charge is 0.494 e. The molecule has 1 aromatic heterocycles. The number of aryl methyl sites for hydroxylation is 1. The summed E-state index contributed by atoms with van der Waals surface area (Å²) in [6, 6.07) is 14.3. The molecule has 0 radical (unpaired) electrons. The summed E-state index contributed by atoms with van der Waals surface area (Å²) in [5, 5.41) is 0. The molecule has 0 spiro atoms. The van der Waals surface area contributed by atoms with E-state index < -0.39 is 0 Å². The molecule has 0 fully saturated rings. The lowest BCUT2D eigenvalue weighted by Crippen LogP contribution is -1.93. The van der Waals surface area contributed by atoms with Gasteiger partial charge in [0.1, 0.15) is 11.6 Å². The van der Waals surface area contributed by atoms with Crippen molar-refractivity contribution >= 4 is 19.1 Å². The quantitative estimate of drug-likeness (QED) is 0.556. The fourth-order valence-corrected chi connectivity index (χ4v) is 2.56. The molecule has 0 aliphatic rings. The highest BCUT2D eigenvalue weighted by atomic mass is 19.1. The number of nitrogens with zero attached hydrogens (tertiary/aromatic N) is 3. The smallest absolute Gasteiger partial charge is 0.127 e. The van der Waals surface area contributed by atoms with E-state index in [-0.39, 0.29) is 5.82 Å². The maximum Gasteiger partial charge on any atom is 0.127 e. The van der Waals surface area contributed by atoms with E-state index >= 15 is 0 Å². The average Bonchev–Trinajstić information content (AvgIpc) is 2.77. The van der Waals surface area contributed by atoms with Crippen LogP contribution in [0.25, 0.3) is 11.1 Å². The molecule has 0 bridgehead atoms. The molecule has 0 atom stereocenters. The molecule has 0 aliphatic heterocycles. The number of ether oxygens (including phenoxy) is 1. The van der Waals surface area contributed by atoms with Crippen molar-refractivity contribution in [3.63, 3.8) is 0 Å². The van der Waals surface area contributed by atoms with Crippen LogP contribution < -0.4 is 10.5 Å². The molecular formula is C24H29FN4O. The first-order valence-corrected chi connectivity index (χ1v) is 9.47. The Kier molecular flexibility index (Phi) is 11.3. The van der Waals surface area contributed by atoms with Crippen molar-refractivity contribution in [2.75, 3.05) is 13.7 Å². The van der Waals surface area contributed by atoms with Crippen LogP contribution in [0.4, 0.5) is 10.1 Å². The molecule has 6 heteroatoms. The monoisotopic (exact) mass is 408 g/mol. The van der Waals surface area contributed by atoms with Crippen LogP contribution in [-0.2, 0) is 6.54 Å². The first-order valence-electron chi connectivity index (χ1n) is 9.47. The van der Waals surface area contributed by atoms with Crippen molar-refractivity contribution in [1.29, 1.82) is 0 Å². The zero-order chi connectivity index (χ0) is 22.4. The minimum atomic E-state index is -0.311. The van der Waals surface area contributed by atoms with Gasteiger partial charge in [0, 0.05) is 18.5 Å². The van der Waals surface area contributed by atoms with Crippen LogP contribution in [0.15, 0.2) is 70.9 Å². The van der Waals surface area contributed by atoms with E-state index in [1.165, 1.54) is 19.2 Å². The molecule has 30 heavy (non-hydrogen) atoms. The molecule has 0 unspecified atom stereocenters. The first kappa shape index (κ1) is 24.7. The van der Waals surface area contributed by atoms with Crippen LogP contribution in [0.1, 0.15) is 18.1 Å². The van der Waals surface area contributed by atoms with Gasteiger partial charge in [-0.2, -0.15) is 0 Å². The minimum absolute atomic E-state index is 0.311. The molecule has 0 amide bonds. The van der Waals surface area contributed by atoms with Crippen LogP contribution in [0.3, 0.4) is 0 Å². The van der Waals surface area contributed by atoms with Gasteiger partial charge in [0.25, 0.3) is 0 Å². The number of rotatable bonds is 6. The van der Waals surface area contributed by atoms with Crippen LogP contribution in [0.5, 0.6) is 5.75 Å². The van der Waals surface area contributed by atoms with E-state index in [2.05, 4.69) is 34.1 Å². The molecule has 3 aromatic rings. The first-order chi connectivity index (χ1) is 14.6. The zero-order valence-corrected chi connectivity index (χ0v) is 17.8. The van der Waals surface area contributed by atoms with Crippen LogP contribution >= 0.6 is 0 Å². The highest BCUT2D eigenvalue weighted by Gasteiger charge is 2.06. The second-order valence-electron chi connectivity index (χ2n) is 6.01. The number of aliphatic imine (C=N–C) groups is 2. The Labute approximate surface area is 178 Å². The van der Waals surface area contributed by atoms with Crippen molar-refractivity contribution in [1.82, 2.24) is 4.98 Å². The molecule has 1 heterocycles. The predicted molar refractivity (Wildman–Crippen MR) is 125 cm³/mol. The molecular weight excluding hydrogens is 379 g/mol. The lowest BCUT2D eigenvalue weighted by molar-refractivity contribution is 0.338. The Morgan fingerprint density at radius 2 is 1.83 bits per heavy atom. The molecule has 3 rings (SSSR count). The van der Waals surface area contributed by atoms with Gasteiger partial charge in [0.05, 0.1) is 18.8 Å². The summed E-state index contributed by atoms with van der Waals surface area (Å²) in [6.07, 6.45) is 3.53. The summed E-state index contributed by atoms with van der Waals surface area (Å²) in [7, 11) is 1.50. The lowest BCUT2D eigenvalue weighted by Gasteiger charge is -2.09. The Morgan fingerprint density at radius 3 is 2.43 bits per heavy atom. The third kappa shape index (κ3) is 7.93. The van der Waals surface area contributed by atoms with Crippen molar-refractivity contribution in [3.8, 4) is 16.9 Å². The Bertz CT molecular complexity index is 930. The van der Waals surface area contributed by atoms with Crippen molar-refractivity contribution in [2.45, 2.75) is 20.4 Å². The fourth-order valence-electron chi connectivity index (χ4n) is 2.56. The van der Waals surface area contributed by atoms with Crippen LogP contribution in [-0.4, -0.2) is 32.1 Å². The maximum atomic E-state index is 13.6. The van der Waals surface area contributed by atoms with Crippen LogP contribution in [0, 0.1) is 12.7 Å². The normalized spacial score (nSPS) is 9.37. The van der Waals surface area contributed by atoms with Gasteiger partial charge in [-0.15, -0.1) is 0 Å². The summed E-state index contributed by atoms with van der Waals surface area (Å²) in [6.45, 7) is 11.9. The number of aromatic nitrogens is 1. The van der Waals surface area contributed by atoms with Gasteiger partial charge in [0.15, 0.2) is 0 Å². The summed E-state index contributed by atoms with van der Waals surface area (Å²) in [5.74, 6) is 0.223. The van der Waals surface area contributed by atoms with Gasteiger partial charge < -0.3 is 10.5 Å². The molecule has 0 aliphatic carbocycles. The highest BCUT2D eigenvalue weighted by Crippen LogP contribution is 2.30. The van der Waals surface area contributed by atoms with Gasteiger partial charge >= 0.3 is 0 Å². The lowest BCUT2D eigenvalue weighted by atomic mass is 10.0. The third-order valence-corrected chi connectivity index (χ3v) is 3.91. The van der Waals surface area contributed by atoms with Crippen LogP contribution in [0.2, 0.25) is 0 Å². The SMILES string of the molecule is C=NCc1cccnc1.C=Nc1cc(-c2cc(F)cc(OCC)c2)ccc1C.CN. The summed E-state index contributed by atoms with van der Waals surface area (Å²) in [5.41, 5.74) is 9.12. The minimum Gasteiger partial charge on any atom is -0.494 e. The van der Waals surface area contributed by atoms with E-state index in [0.29, 0.717) is 18.9 Å². The summed E-state index contributed by atoms with van der Waals surface area (Å²) >= 11 is 0. The number of pyridine rings is 1. The van der Waals surface area contributed by atoms with Gasteiger partial charge in [-0.05, 0) is 80.8 Å². The number of halogens is 1. The van der Waals surface area contributed by atoms with E-state index in [4.69, 9.17) is 4.74 Å². The van der Waals surface area contributed by atoms with Gasteiger partial charge in [-0.3, -0.25) is 15.0 Å². The molecule has 5 nitrogen and oxygen atoms in total. The molecule has 0 saturated carbocycles. The Morgan fingerprint density at radius 1 is 1.07 bits per heavy atom. The predicted octanol–water partition coefficient (Wildman–Crippen LogP) is 5.39. The summed E-state index contributed by atoms with van der Waals surface area (Å²) in [4.78, 5) is 11.6. The second-order valence-corrected chi connectivity index (χ2v) is 6.01. The van der Waals surface area contributed by atoms with Gasteiger partial charge in [0.2, 0.25) is 0 Å². The van der Waals surface area contributed by atoms with Crippen molar-refractivity contribution in [2.24, 2.45) is 15.7 Å². The number of benzene rings is 2. The van der Waals surface area contributed by atoms with Crippen molar-refractivity contribution in [3.05, 3.63) is 77.9 Å². The van der Waals surface area contributed by atoms with Gasteiger partial charge in [-0.25, -0.2) is 4.39 Å². The topological polar surface area (TPSA) is 72.9 Å². The van der Waals surface area contributed by atoms with E-state index in [9.17, 15) is 4.39 Å². The number of nitrogens with two attached hydrogens (primary N) is 1. The Balaban J connectivity index is 0.000000342. The van der Waals surface area contributed by atoms with Gasteiger partial charge in [-0.1, -0.05) is 18.2 Å². The Hall–Kier alpha value is -3.38. The average molecular weight is 409 g/mol. The number of hydrogen-bond acceptors (Lipinski definition) is 5. The maximum absolute atomic E-state index is 13.6. The molecule has 2 aromatic carbocycles.